The molecular formula is C15H12FIN2O2. The van der Waals surface area contributed by atoms with Gasteiger partial charge in [0.25, 0.3) is 0 Å². The number of halogens is 2. The molecule has 2 aromatic carbocycles. The van der Waals surface area contributed by atoms with Gasteiger partial charge in [0, 0.05) is 21.4 Å². The number of benzene rings is 2. The van der Waals surface area contributed by atoms with E-state index in [0.717, 1.165) is 3.57 Å². The van der Waals surface area contributed by atoms with Crippen molar-refractivity contribution in [3.8, 4) is 0 Å². The molecule has 0 saturated carbocycles. The van der Waals surface area contributed by atoms with E-state index < -0.39 is 17.6 Å². The Kier molecular flexibility index (Phi) is 5.26. The van der Waals surface area contributed by atoms with Gasteiger partial charge in [0.1, 0.15) is 5.82 Å². The Labute approximate surface area is 134 Å². The maximum Gasteiger partial charge on any atom is 0.313 e. The number of nitrogens with one attached hydrogen (secondary N) is 2. The summed E-state index contributed by atoms with van der Waals surface area (Å²) in [6.45, 7) is -0.0361. The highest BCUT2D eigenvalue weighted by Crippen LogP contribution is 2.11. The van der Waals surface area contributed by atoms with Crippen LogP contribution in [0.4, 0.5) is 10.1 Å². The average molecular weight is 398 g/mol. The Bertz CT molecular complexity index is 659. The number of carbonyl (C=O) groups excluding carboxylic acids is 2. The molecule has 6 heteroatoms. The lowest BCUT2D eigenvalue weighted by Crippen LogP contribution is -2.35. The fraction of sp³-hybridized carbons (Fsp3) is 0.0667. The maximum atomic E-state index is 13.4. The van der Waals surface area contributed by atoms with E-state index in [9.17, 15) is 14.0 Å². The molecule has 0 unspecified atom stereocenters. The van der Waals surface area contributed by atoms with Crippen LogP contribution in [0.1, 0.15) is 5.56 Å². The first-order valence-electron chi connectivity index (χ1n) is 6.14. The van der Waals surface area contributed by atoms with E-state index in [1.54, 1.807) is 30.3 Å². The van der Waals surface area contributed by atoms with Gasteiger partial charge in [-0.15, -0.1) is 0 Å². The van der Waals surface area contributed by atoms with E-state index in [1.807, 2.05) is 12.1 Å². The van der Waals surface area contributed by atoms with E-state index in [2.05, 4.69) is 33.2 Å². The van der Waals surface area contributed by atoms with Gasteiger partial charge in [0.05, 0.1) is 0 Å². The minimum Gasteiger partial charge on any atom is -0.344 e. The highest BCUT2D eigenvalue weighted by molar-refractivity contribution is 14.1. The van der Waals surface area contributed by atoms with Crippen molar-refractivity contribution in [3.63, 3.8) is 0 Å². The number of hydrogen-bond acceptors (Lipinski definition) is 2. The van der Waals surface area contributed by atoms with Crippen LogP contribution in [0, 0.1) is 9.39 Å². The van der Waals surface area contributed by atoms with Gasteiger partial charge in [-0.2, -0.15) is 0 Å². The van der Waals surface area contributed by atoms with Gasteiger partial charge in [-0.25, -0.2) is 4.39 Å². The Hall–Kier alpha value is -1.96. The van der Waals surface area contributed by atoms with Gasteiger partial charge in [0.2, 0.25) is 0 Å². The van der Waals surface area contributed by atoms with E-state index in [0.29, 0.717) is 11.3 Å². The second-order valence-electron chi connectivity index (χ2n) is 4.24. The molecule has 2 N–H and O–H groups in total. The summed E-state index contributed by atoms with van der Waals surface area (Å²) in [5, 5.41) is 4.85. The van der Waals surface area contributed by atoms with E-state index in [-0.39, 0.29) is 6.54 Å². The van der Waals surface area contributed by atoms with Crippen molar-refractivity contribution < 1.29 is 14.0 Å². The van der Waals surface area contributed by atoms with Crippen molar-refractivity contribution in [2.45, 2.75) is 6.54 Å². The zero-order valence-electron chi connectivity index (χ0n) is 10.9. The molecule has 2 rings (SSSR count). The number of carbonyl (C=O) groups is 2. The summed E-state index contributed by atoms with van der Waals surface area (Å²) in [7, 11) is 0. The van der Waals surface area contributed by atoms with E-state index in [4.69, 9.17) is 0 Å². The van der Waals surface area contributed by atoms with Crippen LogP contribution in [-0.2, 0) is 16.1 Å². The smallest absolute Gasteiger partial charge is 0.313 e. The first-order valence-corrected chi connectivity index (χ1v) is 7.22. The zero-order chi connectivity index (χ0) is 15.2. The third-order valence-electron chi connectivity index (χ3n) is 2.71. The van der Waals surface area contributed by atoms with Gasteiger partial charge in [-0.1, -0.05) is 18.2 Å². The van der Waals surface area contributed by atoms with Gasteiger partial charge >= 0.3 is 11.8 Å². The average Bonchev–Trinajstić information content (AvgIpc) is 2.48. The molecule has 0 saturated heterocycles. The SMILES string of the molecule is O=C(NCc1ccccc1F)C(=O)Nc1ccc(I)cc1. The number of amides is 2. The zero-order valence-corrected chi connectivity index (χ0v) is 13.1. The summed E-state index contributed by atoms with van der Waals surface area (Å²) >= 11 is 2.14. The predicted octanol–water partition coefficient (Wildman–Crippen LogP) is 2.69. The number of rotatable bonds is 3. The lowest BCUT2D eigenvalue weighted by atomic mass is 10.2. The van der Waals surface area contributed by atoms with Crippen LogP contribution in [0.25, 0.3) is 0 Å². The van der Waals surface area contributed by atoms with E-state index in [1.165, 1.54) is 6.07 Å². The van der Waals surface area contributed by atoms with Crippen molar-refractivity contribution in [3.05, 3.63) is 63.5 Å². The van der Waals surface area contributed by atoms with Crippen molar-refractivity contribution >= 4 is 40.1 Å². The molecule has 4 nitrogen and oxygen atoms in total. The van der Waals surface area contributed by atoms with Crippen LogP contribution in [0.5, 0.6) is 0 Å². The highest BCUT2D eigenvalue weighted by Gasteiger charge is 2.13. The Morgan fingerprint density at radius 2 is 1.67 bits per heavy atom. The minimum absolute atomic E-state index is 0.0361. The first kappa shape index (κ1) is 15.4. The molecule has 0 fully saturated rings. The molecule has 0 aliphatic rings. The van der Waals surface area contributed by atoms with Crippen molar-refractivity contribution in [2.75, 3.05) is 5.32 Å². The molecular weight excluding hydrogens is 386 g/mol. The molecule has 0 atom stereocenters. The lowest BCUT2D eigenvalue weighted by molar-refractivity contribution is -0.136. The quantitative estimate of drug-likeness (QED) is 0.617. The molecule has 0 aliphatic carbocycles. The summed E-state index contributed by atoms with van der Waals surface area (Å²) < 4.78 is 14.4. The molecule has 0 radical (unpaired) electrons. The Balaban J connectivity index is 1.90. The van der Waals surface area contributed by atoms with Gasteiger partial charge in [-0.05, 0) is 52.9 Å². The fourth-order valence-electron chi connectivity index (χ4n) is 1.62. The molecule has 0 heterocycles. The largest absolute Gasteiger partial charge is 0.344 e. The second-order valence-corrected chi connectivity index (χ2v) is 5.48. The highest BCUT2D eigenvalue weighted by atomic mass is 127. The minimum atomic E-state index is -0.809. The maximum absolute atomic E-state index is 13.4. The van der Waals surface area contributed by atoms with Crippen molar-refractivity contribution in [1.29, 1.82) is 0 Å². The van der Waals surface area contributed by atoms with Crippen LogP contribution >= 0.6 is 22.6 Å². The normalized spacial score (nSPS) is 10.0. The van der Waals surface area contributed by atoms with Crippen LogP contribution in [-0.4, -0.2) is 11.8 Å². The topological polar surface area (TPSA) is 58.2 Å². The predicted molar refractivity (Wildman–Crippen MR) is 86.0 cm³/mol. The summed E-state index contributed by atoms with van der Waals surface area (Å²) in [4.78, 5) is 23.3. The van der Waals surface area contributed by atoms with Crippen LogP contribution in [0.2, 0.25) is 0 Å². The van der Waals surface area contributed by atoms with Crippen LogP contribution in [0.15, 0.2) is 48.5 Å². The van der Waals surface area contributed by atoms with Gasteiger partial charge in [-0.3, -0.25) is 9.59 Å². The molecule has 21 heavy (non-hydrogen) atoms. The molecule has 0 spiro atoms. The van der Waals surface area contributed by atoms with Gasteiger partial charge < -0.3 is 10.6 Å². The number of hydrogen-bond donors (Lipinski definition) is 2. The van der Waals surface area contributed by atoms with Crippen LogP contribution in [0.3, 0.4) is 0 Å². The van der Waals surface area contributed by atoms with Crippen LogP contribution < -0.4 is 10.6 Å². The molecule has 0 aromatic heterocycles. The molecule has 0 aliphatic heterocycles. The summed E-state index contributed by atoms with van der Waals surface area (Å²) in [5.74, 6) is -2.01. The Morgan fingerprint density at radius 3 is 2.33 bits per heavy atom. The third-order valence-corrected chi connectivity index (χ3v) is 3.42. The summed E-state index contributed by atoms with van der Waals surface area (Å²) in [6.07, 6.45) is 0. The monoisotopic (exact) mass is 398 g/mol. The lowest BCUT2D eigenvalue weighted by Gasteiger charge is -2.07. The second kappa shape index (κ2) is 7.16. The summed E-state index contributed by atoms with van der Waals surface area (Å²) in [6, 6.07) is 13.1. The van der Waals surface area contributed by atoms with Gasteiger partial charge in [0.15, 0.2) is 0 Å². The standard InChI is InChI=1S/C15H12FIN2O2/c16-13-4-2-1-3-10(13)9-18-14(20)15(21)19-12-7-5-11(17)6-8-12/h1-8H,9H2,(H,18,20)(H,19,21). The molecule has 0 bridgehead atoms. The van der Waals surface area contributed by atoms with Crippen molar-refractivity contribution in [2.24, 2.45) is 0 Å². The number of anilines is 1. The summed E-state index contributed by atoms with van der Waals surface area (Å²) in [5.41, 5.74) is 0.856. The molecule has 108 valence electrons. The molecule has 2 amide bonds. The van der Waals surface area contributed by atoms with Crippen molar-refractivity contribution in [1.82, 2.24) is 5.32 Å². The first-order chi connectivity index (χ1) is 10.1. The molecule has 2 aromatic rings. The Morgan fingerprint density at radius 1 is 1.00 bits per heavy atom. The third kappa shape index (κ3) is 4.52. The fourth-order valence-corrected chi connectivity index (χ4v) is 1.98. The van der Waals surface area contributed by atoms with E-state index >= 15 is 0 Å².